The first-order chi connectivity index (χ1) is 17.5. The van der Waals surface area contributed by atoms with Gasteiger partial charge in [0, 0.05) is 18.3 Å². The highest BCUT2D eigenvalue weighted by Gasteiger charge is 2.41. The fraction of sp³-hybridized carbons (Fsp3) is 0.625. The van der Waals surface area contributed by atoms with Gasteiger partial charge in [0.25, 0.3) is 0 Å². The maximum Gasteiger partial charge on any atom is 0.305 e. The molecule has 37 heavy (non-hydrogen) atoms. The SMILES string of the molecule is COC(=O)CCC/C=C\C[C@H]1C(=O)C=CC1c1ccc(C(O[Si](C)(C)C(C)(C)C)C2CCCCC2)cc1. The Kier molecular flexibility index (Phi) is 10.5. The molecule has 3 atom stereocenters. The third-order valence-corrected chi connectivity index (χ3v) is 13.2. The molecular weight excluding hydrogens is 476 g/mol. The molecule has 3 rings (SSSR count). The van der Waals surface area contributed by atoms with Crippen molar-refractivity contribution >= 4 is 20.1 Å². The van der Waals surface area contributed by atoms with Crippen molar-refractivity contribution in [3.05, 3.63) is 59.7 Å². The minimum atomic E-state index is -1.92. The molecule has 5 heteroatoms. The second-order valence-electron chi connectivity index (χ2n) is 12.4. The highest BCUT2D eigenvalue weighted by Crippen LogP contribution is 2.45. The molecular formula is C32H48O4Si. The van der Waals surface area contributed by atoms with E-state index in [2.05, 4.69) is 81.1 Å². The molecule has 4 nitrogen and oxygen atoms in total. The predicted octanol–water partition coefficient (Wildman–Crippen LogP) is 8.46. The van der Waals surface area contributed by atoms with Crippen molar-refractivity contribution in [3.63, 3.8) is 0 Å². The Bertz CT molecular complexity index is 948. The molecule has 0 saturated heterocycles. The van der Waals surface area contributed by atoms with Crippen LogP contribution in [0.2, 0.25) is 18.1 Å². The first-order valence-corrected chi connectivity index (χ1v) is 17.2. The fourth-order valence-corrected chi connectivity index (χ4v) is 6.66. The van der Waals surface area contributed by atoms with E-state index in [0.717, 1.165) is 19.3 Å². The van der Waals surface area contributed by atoms with Gasteiger partial charge < -0.3 is 9.16 Å². The zero-order chi connectivity index (χ0) is 27.1. The summed E-state index contributed by atoms with van der Waals surface area (Å²) in [5.41, 5.74) is 2.49. The smallest absolute Gasteiger partial charge is 0.305 e. The second-order valence-corrected chi connectivity index (χ2v) is 17.2. The molecule has 2 unspecified atom stereocenters. The van der Waals surface area contributed by atoms with Crippen molar-refractivity contribution in [2.45, 2.75) is 109 Å². The first-order valence-electron chi connectivity index (χ1n) is 14.2. The molecule has 0 spiro atoms. The number of rotatable bonds is 11. The van der Waals surface area contributed by atoms with E-state index in [1.54, 1.807) is 6.08 Å². The zero-order valence-corrected chi connectivity index (χ0v) is 24.9. The van der Waals surface area contributed by atoms with Gasteiger partial charge in [-0.1, -0.05) is 82.5 Å². The number of carbonyl (C=O) groups excluding carboxylic acids is 2. The minimum Gasteiger partial charge on any atom is -0.469 e. The van der Waals surface area contributed by atoms with Crippen LogP contribution in [0, 0.1) is 11.8 Å². The number of hydrogen-bond acceptors (Lipinski definition) is 4. The normalized spacial score (nSPS) is 22.1. The van der Waals surface area contributed by atoms with Crippen molar-refractivity contribution in [2.75, 3.05) is 7.11 Å². The van der Waals surface area contributed by atoms with Crippen LogP contribution in [0.4, 0.5) is 0 Å². The molecule has 0 N–H and O–H groups in total. The van der Waals surface area contributed by atoms with Gasteiger partial charge >= 0.3 is 5.97 Å². The molecule has 0 radical (unpaired) electrons. The Hall–Kier alpha value is -1.98. The third-order valence-electron chi connectivity index (χ3n) is 8.76. The lowest BCUT2D eigenvalue weighted by molar-refractivity contribution is -0.140. The van der Waals surface area contributed by atoms with Gasteiger partial charge in [-0.15, -0.1) is 0 Å². The Morgan fingerprint density at radius 1 is 1.08 bits per heavy atom. The number of ether oxygens (including phenoxy) is 1. The number of methoxy groups -OCH3 is 1. The molecule has 0 aliphatic heterocycles. The van der Waals surface area contributed by atoms with Gasteiger partial charge in [-0.2, -0.15) is 0 Å². The molecule has 1 fully saturated rings. The van der Waals surface area contributed by atoms with Crippen molar-refractivity contribution in [1.82, 2.24) is 0 Å². The van der Waals surface area contributed by atoms with Gasteiger partial charge in [-0.25, -0.2) is 0 Å². The summed E-state index contributed by atoms with van der Waals surface area (Å²) in [7, 11) is -0.499. The standard InChI is InChI=1S/C32H48O4Si/c1-32(2,3)37(5,6)36-31(25-14-10-9-11-15-25)26-20-18-24(19-21-26)27-22-23-29(33)28(27)16-12-7-8-13-17-30(34)35-4/h7,12,18-23,25,27-28,31H,8-11,13-17H2,1-6H3/b12-7-/t27?,28-,31?/m1/s1. The number of ketones is 1. The molecule has 0 aromatic heterocycles. The van der Waals surface area contributed by atoms with Gasteiger partial charge in [0.1, 0.15) is 0 Å². The van der Waals surface area contributed by atoms with Gasteiger partial charge in [0.05, 0.1) is 13.2 Å². The number of esters is 1. The highest BCUT2D eigenvalue weighted by molar-refractivity contribution is 6.74. The van der Waals surface area contributed by atoms with E-state index in [1.807, 2.05) is 0 Å². The van der Waals surface area contributed by atoms with Crippen molar-refractivity contribution in [2.24, 2.45) is 11.8 Å². The first kappa shape index (κ1) is 29.6. The van der Waals surface area contributed by atoms with E-state index in [0.29, 0.717) is 12.3 Å². The number of hydrogen-bond donors (Lipinski definition) is 0. The van der Waals surface area contributed by atoms with E-state index in [1.165, 1.54) is 50.3 Å². The Labute approximate surface area is 226 Å². The van der Waals surface area contributed by atoms with Crippen molar-refractivity contribution < 1.29 is 18.8 Å². The third kappa shape index (κ3) is 8.00. The van der Waals surface area contributed by atoms with E-state index in [4.69, 9.17) is 4.43 Å². The summed E-state index contributed by atoms with van der Waals surface area (Å²) in [6, 6.07) is 8.97. The summed E-state index contributed by atoms with van der Waals surface area (Å²) in [6.45, 7) is 11.7. The van der Waals surface area contributed by atoms with Crippen molar-refractivity contribution in [3.8, 4) is 0 Å². The number of benzene rings is 1. The largest absolute Gasteiger partial charge is 0.469 e. The summed E-state index contributed by atoms with van der Waals surface area (Å²) in [6.07, 6.45) is 17.3. The lowest BCUT2D eigenvalue weighted by Crippen LogP contribution is -2.43. The van der Waals surface area contributed by atoms with Gasteiger partial charge in [0.15, 0.2) is 14.1 Å². The Morgan fingerprint density at radius 3 is 2.38 bits per heavy atom. The second kappa shape index (κ2) is 13.2. The Morgan fingerprint density at radius 2 is 1.76 bits per heavy atom. The van der Waals surface area contributed by atoms with Crippen LogP contribution in [-0.4, -0.2) is 27.2 Å². The molecule has 2 aliphatic carbocycles. The van der Waals surface area contributed by atoms with Crippen molar-refractivity contribution in [1.29, 1.82) is 0 Å². The topological polar surface area (TPSA) is 52.6 Å². The summed E-state index contributed by atoms with van der Waals surface area (Å²) in [4.78, 5) is 23.9. The van der Waals surface area contributed by atoms with Crippen LogP contribution >= 0.6 is 0 Å². The molecule has 2 aliphatic rings. The zero-order valence-electron chi connectivity index (χ0n) is 23.9. The lowest BCUT2D eigenvalue weighted by atomic mass is 9.81. The highest BCUT2D eigenvalue weighted by atomic mass is 28.4. The average molecular weight is 525 g/mol. The average Bonchev–Trinajstić information content (AvgIpc) is 3.24. The molecule has 0 amide bonds. The van der Waals surface area contributed by atoms with Crippen LogP contribution in [0.3, 0.4) is 0 Å². The number of unbranched alkanes of at least 4 members (excludes halogenated alkanes) is 1. The van der Waals surface area contributed by atoms with Gasteiger partial charge in [-0.3, -0.25) is 9.59 Å². The van der Waals surface area contributed by atoms with Gasteiger partial charge in [-0.05, 0) is 73.4 Å². The summed E-state index contributed by atoms with van der Waals surface area (Å²) in [5.74, 6) is 0.664. The summed E-state index contributed by atoms with van der Waals surface area (Å²) >= 11 is 0. The molecule has 1 saturated carbocycles. The molecule has 204 valence electrons. The van der Waals surface area contributed by atoms with Crippen LogP contribution in [0.25, 0.3) is 0 Å². The summed E-state index contributed by atoms with van der Waals surface area (Å²) in [5, 5.41) is 0.176. The lowest BCUT2D eigenvalue weighted by Gasteiger charge is -2.42. The van der Waals surface area contributed by atoms with Crippen LogP contribution in [0.15, 0.2) is 48.6 Å². The van der Waals surface area contributed by atoms with E-state index in [9.17, 15) is 9.59 Å². The van der Waals surface area contributed by atoms with Crippen LogP contribution in [-0.2, 0) is 18.8 Å². The fourth-order valence-electron chi connectivity index (χ4n) is 5.34. The van der Waals surface area contributed by atoms with E-state index < -0.39 is 8.32 Å². The van der Waals surface area contributed by atoms with E-state index >= 15 is 0 Å². The van der Waals surface area contributed by atoms with Gasteiger partial charge in [0.2, 0.25) is 0 Å². The van der Waals surface area contributed by atoms with Crippen LogP contribution in [0.5, 0.6) is 0 Å². The quantitative estimate of drug-likeness (QED) is 0.126. The van der Waals surface area contributed by atoms with E-state index in [-0.39, 0.29) is 34.7 Å². The Balaban J connectivity index is 1.70. The number of allylic oxidation sites excluding steroid dienone is 4. The molecule has 0 heterocycles. The van der Waals surface area contributed by atoms with Crippen LogP contribution in [0.1, 0.15) is 102 Å². The monoisotopic (exact) mass is 524 g/mol. The molecule has 0 bridgehead atoms. The number of carbonyl (C=O) groups is 2. The predicted molar refractivity (Wildman–Crippen MR) is 154 cm³/mol. The summed E-state index contributed by atoms with van der Waals surface area (Å²) < 4.78 is 11.8. The van der Waals surface area contributed by atoms with Crippen LogP contribution < -0.4 is 0 Å². The molecule has 1 aromatic carbocycles. The minimum absolute atomic E-state index is 0.0553. The molecule has 1 aromatic rings. The maximum absolute atomic E-state index is 12.6. The maximum atomic E-state index is 12.6.